The van der Waals surface area contributed by atoms with Crippen LogP contribution in [0.4, 0.5) is 5.69 Å². The fourth-order valence-corrected chi connectivity index (χ4v) is 3.19. The van der Waals surface area contributed by atoms with Crippen LogP contribution in [0.5, 0.6) is 0 Å². The quantitative estimate of drug-likeness (QED) is 0.557. The van der Waals surface area contributed by atoms with Crippen molar-refractivity contribution in [3.05, 3.63) is 58.6 Å². The van der Waals surface area contributed by atoms with E-state index < -0.39 is 11.9 Å². The van der Waals surface area contributed by atoms with E-state index in [9.17, 15) is 9.59 Å². The second-order valence-electron chi connectivity index (χ2n) is 4.78. The lowest BCUT2D eigenvalue weighted by Crippen LogP contribution is -2.21. The number of anilines is 1. The Hall–Kier alpha value is -1.69. The molecule has 7 heteroatoms. The second kappa shape index (κ2) is 9.57. The molecule has 0 spiro atoms. The van der Waals surface area contributed by atoms with Crippen molar-refractivity contribution in [3.8, 4) is 0 Å². The fourth-order valence-electron chi connectivity index (χ4n) is 1.81. The Bertz CT molecular complexity index is 690. The summed E-state index contributed by atoms with van der Waals surface area (Å²) in [5.41, 5.74) is 0.452. The molecule has 2 rings (SSSR count). The van der Waals surface area contributed by atoms with Gasteiger partial charge < -0.3 is 10.1 Å². The Morgan fingerprint density at radius 2 is 1.71 bits per heavy atom. The number of nitrogens with one attached hydrogen (secondary N) is 1. The first-order valence-electron chi connectivity index (χ1n) is 7.12. The van der Waals surface area contributed by atoms with E-state index in [1.807, 2.05) is 30.3 Å². The van der Waals surface area contributed by atoms with Gasteiger partial charge in [0.1, 0.15) is 0 Å². The number of thioether (sulfide) groups is 1. The van der Waals surface area contributed by atoms with Crippen LogP contribution < -0.4 is 5.32 Å². The van der Waals surface area contributed by atoms with Gasteiger partial charge in [0.05, 0.1) is 6.42 Å². The van der Waals surface area contributed by atoms with Gasteiger partial charge in [-0.2, -0.15) is 0 Å². The summed E-state index contributed by atoms with van der Waals surface area (Å²) in [5.74, 6) is -0.274. The number of amides is 1. The van der Waals surface area contributed by atoms with Gasteiger partial charge >= 0.3 is 5.97 Å². The van der Waals surface area contributed by atoms with Gasteiger partial charge in [0, 0.05) is 26.4 Å². The molecule has 2 aromatic rings. The number of hydrogen-bond acceptors (Lipinski definition) is 4. The first-order valence-corrected chi connectivity index (χ1v) is 8.86. The Labute approximate surface area is 154 Å². The van der Waals surface area contributed by atoms with E-state index >= 15 is 0 Å². The van der Waals surface area contributed by atoms with Gasteiger partial charge in [-0.3, -0.25) is 9.59 Å². The molecule has 0 aliphatic rings. The van der Waals surface area contributed by atoms with Crippen molar-refractivity contribution in [2.24, 2.45) is 0 Å². The van der Waals surface area contributed by atoms with Crippen molar-refractivity contribution in [3.63, 3.8) is 0 Å². The summed E-state index contributed by atoms with van der Waals surface area (Å²) in [4.78, 5) is 24.5. The molecule has 0 aromatic heterocycles. The van der Waals surface area contributed by atoms with Crippen LogP contribution in [0.15, 0.2) is 53.4 Å². The highest BCUT2D eigenvalue weighted by molar-refractivity contribution is 7.99. The molecule has 0 saturated carbocycles. The molecule has 0 radical (unpaired) electrons. The highest BCUT2D eigenvalue weighted by atomic mass is 35.5. The maximum absolute atomic E-state index is 11.8. The van der Waals surface area contributed by atoms with Crippen molar-refractivity contribution in [1.29, 1.82) is 0 Å². The minimum absolute atomic E-state index is 0.232. The maximum atomic E-state index is 11.8. The molecule has 1 amide bonds. The van der Waals surface area contributed by atoms with E-state index in [0.717, 1.165) is 4.90 Å². The number of carbonyl (C=O) groups is 2. The largest absolute Gasteiger partial charge is 0.456 e. The summed E-state index contributed by atoms with van der Waals surface area (Å²) in [6.45, 7) is -0.348. The SMILES string of the molecule is O=C(COC(=O)CCSc1ccccc1)Nc1cc(Cl)cc(Cl)c1. The van der Waals surface area contributed by atoms with E-state index in [1.54, 1.807) is 30.0 Å². The number of ether oxygens (including phenoxy) is 1. The summed E-state index contributed by atoms with van der Waals surface area (Å²) in [5, 5.41) is 3.39. The predicted molar refractivity (Wildman–Crippen MR) is 97.8 cm³/mol. The molecule has 0 bridgehead atoms. The Morgan fingerprint density at radius 1 is 1.04 bits per heavy atom. The van der Waals surface area contributed by atoms with Crippen molar-refractivity contribution < 1.29 is 14.3 Å². The molecule has 4 nitrogen and oxygen atoms in total. The second-order valence-corrected chi connectivity index (χ2v) is 6.82. The van der Waals surface area contributed by atoms with Crippen LogP contribution >= 0.6 is 35.0 Å². The fraction of sp³-hybridized carbons (Fsp3) is 0.176. The number of carbonyl (C=O) groups excluding carboxylic acids is 2. The average Bonchev–Trinajstić information content (AvgIpc) is 2.53. The highest BCUT2D eigenvalue weighted by Gasteiger charge is 2.09. The number of rotatable bonds is 7. The normalized spacial score (nSPS) is 10.2. The Balaban J connectivity index is 1.68. The number of halogens is 2. The van der Waals surface area contributed by atoms with Gasteiger partial charge in [0.25, 0.3) is 5.91 Å². The van der Waals surface area contributed by atoms with Gasteiger partial charge in [-0.15, -0.1) is 11.8 Å². The van der Waals surface area contributed by atoms with E-state index in [2.05, 4.69) is 5.32 Å². The van der Waals surface area contributed by atoms with Crippen molar-refractivity contribution in [2.45, 2.75) is 11.3 Å². The van der Waals surface area contributed by atoms with Gasteiger partial charge in [-0.25, -0.2) is 0 Å². The third-order valence-corrected chi connectivity index (χ3v) is 4.28. The zero-order valence-electron chi connectivity index (χ0n) is 12.6. The maximum Gasteiger partial charge on any atom is 0.307 e. The molecular formula is C17H15Cl2NO3S. The zero-order chi connectivity index (χ0) is 17.4. The van der Waals surface area contributed by atoms with E-state index in [1.165, 1.54) is 0 Å². The van der Waals surface area contributed by atoms with Crippen LogP contribution in [0.1, 0.15) is 6.42 Å². The van der Waals surface area contributed by atoms with Crippen molar-refractivity contribution in [2.75, 3.05) is 17.7 Å². The van der Waals surface area contributed by atoms with E-state index in [0.29, 0.717) is 21.5 Å². The van der Waals surface area contributed by atoms with Gasteiger partial charge in [-0.05, 0) is 30.3 Å². The molecule has 0 heterocycles. The van der Waals surface area contributed by atoms with Crippen molar-refractivity contribution in [1.82, 2.24) is 0 Å². The lowest BCUT2D eigenvalue weighted by Gasteiger charge is -2.07. The number of hydrogen-bond donors (Lipinski definition) is 1. The minimum atomic E-state index is -0.447. The first kappa shape index (κ1) is 18.6. The van der Waals surface area contributed by atoms with Crippen LogP contribution in [0.2, 0.25) is 10.0 Å². The topological polar surface area (TPSA) is 55.4 Å². The average molecular weight is 384 g/mol. The predicted octanol–water partition coefficient (Wildman–Crippen LogP) is 4.66. The summed E-state index contributed by atoms with van der Waals surface area (Å²) in [7, 11) is 0. The van der Waals surface area contributed by atoms with Crippen LogP contribution in [0.25, 0.3) is 0 Å². The van der Waals surface area contributed by atoms with Gasteiger partial charge in [0.2, 0.25) is 0 Å². The summed E-state index contributed by atoms with van der Waals surface area (Å²) in [6.07, 6.45) is 0.232. The molecule has 0 aliphatic carbocycles. The molecule has 126 valence electrons. The summed E-state index contributed by atoms with van der Waals surface area (Å²) >= 11 is 13.2. The van der Waals surface area contributed by atoms with Crippen LogP contribution in [-0.4, -0.2) is 24.2 Å². The Kier molecular flexibility index (Phi) is 7.43. The van der Waals surface area contributed by atoms with Crippen LogP contribution in [0.3, 0.4) is 0 Å². The number of esters is 1. The molecule has 0 fully saturated rings. The summed E-state index contributed by atoms with van der Waals surface area (Å²) < 4.78 is 4.94. The zero-order valence-corrected chi connectivity index (χ0v) is 15.0. The molecule has 0 atom stereocenters. The van der Waals surface area contributed by atoms with Crippen LogP contribution in [0, 0.1) is 0 Å². The molecule has 0 unspecified atom stereocenters. The standard InChI is InChI=1S/C17H15Cl2NO3S/c18-12-8-13(19)10-14(9-12)20-16(21)11-23-17(22)6-7-24-15-4-2-1-3-5-15/h1-5,8-10H,6-7,11H2,(H,20,21). The molecule has 2 aromatic carbocycles. The monoisotopic (exact) mass is 383 g/mol. The lowest BCUT2D eigenvalue weighted by atomic mass is 10.3. The van der Waals surface area contributed by atoms with Gasteiger partial charge in [-0.1, -0.05) is 41.4 Å². The minimum Gasteiger partial charge on any atom is -0.456 e. The van der Waals surface area contributed by atoms with E-state index in [-0.39, 0.29) is 13.0 Å². The smallest absolute Gasteiger partial charge is 0.307 e. The summed E-state index contributed by atoms with van der Waals surface area (Å²) in [6, 6.07) is 14.4. The first-order chi connectivity index (χ1) is 11.5. The molecule has 24 heavy (non-hydrogen) atoms. The van der Waals surface area contributed by atoms with Crippen LogP contribution in [-0.2, 0) is 14.3 Å². The third-order valence-electron chi connectivity index (χ3n) is 2.83. The molecule has 1 N–H and O–H groups in total. The van der Waals surface area contributed by atoms with Crippen molar-refractivity contribution >= 4 is 52.5 Å². The van der Waals surface area contributed by atoms with Gasteiger partial charge in [0.15, 0.2) is 6.61 Å². The van der Waals surface area contributed by atoms with E-state index in [4.69, 9.17) is 27.9 Å². The molecule has 0 saturated heterocycles. The number of benzene rings is 2. The lowest BCUT2D eigenvalue weighted by molar-refractivity contribution is -0.146. The molecule has 0 aliphatic heterocycles. The molecular weight excluding hydrogens is 369 g/mol. The Morgan fingerprint density at radius 3 is 2.38 bits per heavy atom. The third kappa shape index (κ3) is 6.83. The highest BCUT2D eigenvalue weighted by Crippen LogP contribution is 2.22.